The van der Waals surface area contributed by atoms with Gasteiger partial charge in [0.25, 0.3) is 0 Å². The molecule has 4 aliphatic rings. The van der Waals surface area contributed by atoms with Gasteiger partial charge in [0.1, 0.15) is 0 Å². The number of nitrogens with two attached hydrogens (primary N) is 1. The standard InChI is InChI=1S/C37H44N2O2/c1-7-26(16-10-18-38)27-12-8-14-29(20-27)32-22-33(30-15-9-13-28(21-30)31-17-11-19-39-25-31)24-34(23-32)37(6)40-35(2,3)36(4,5)41-37/h7,9-11,13-20,22,24-25,30,32H,1,8,12,21,23,38H2,2-6H3/b18-10-,26-16+. The maximum Gasteiger partial charge on any atom is 0.189 e. The van der Waals surface area contributed by atoms with Gasteiger partial charge in [-0.1, -0.05) is 67.3 Å². The Morgan fingerprint density at radius 3 is 2.51 bits per heavy atom. The van der Waals surface area contributed by atoms with Crippen molar-refractivity contribution >= 4 is 5.57 Å². The average Bonchev–Trinajstić information content (AvgIpc) is 3.15. The lowest BCUT2D eigenvalue weighted by molar-refractivity contribution is -0.151. The first kappa shape index (κ1) is 29.0. The fraction of sp³-hybridized carbons (Fsp3) is 0.378. The molecule has 0 radical (unpaired) electrons. The molecular weight excluding hydrogens is 504 g/mol. The first-order valence-electron chi connectivity index (χ1n) is 14.8. The second kappa shape index (κ2) is 11.4. The van der Waals surface area contributed by atoms with E-state index < -0.39 is 17.0 Å². The predicted molar refractivity (Wildman–Crippen MR) is 169 cm³/mol. The van der Waals surface area contributed by atoms with Crippen molar-refractivity contribution in [2.75, 3.05) is 0 Å². The zero-order valence-electron chi connectivity index (χ0n) is 25.2. The molecule has 0 spiro atoms. The number of aromatic nitrogens is 1. The molecule has 1 aromatic heterocycles. The van der Waals surface area contributed by atoms with E-state index in [4.69, 9.17) is 15.2 Å². The van der Waals surface area contributed by atoms with E-state index in [1.807, 2.05) is 36.7 Å². The molecule has 2 N–H and O–H groups in total. The summed E-state index contributed by atoms with van der Waals surface area (Å²) in [5.74, 6) is -0.330. The fourth-order valence-electron chi connectivity index (χ4n) is 6.32. The minimum Gasteiger partial charge on any atom is -0.405 e. The third-order valence-electron chi connectivity index (χ3n) is 9.19. The molecule has 4 heteroatoms. The first-order valence-corrected chi connectivity index (χ1v) is 14.8. The Morgan fingerprint density at radius 1 is 1.05 bits per heavy atom. The predicted octanol–water partition coefficient (Wildman–Crippen LogP) is 8.47. The molecule has 41 heavy (non-hydrogen) atoms. The highest BCUT2D eigenvalue weighted by Crippen LogP contribution is 2.50. The minimum absolute atomic E-state index is 0.216. The number of allylic oxidation sites excluding steroid dienone is 15. The van der Waals surface area contributed by atoms with E-state index in [1.54, 1.807) is 6.20 Å². The minimum atomic E-state index is -0.801. The summed E-state index contributed by atoms with van der Waals surface area (Å²) in [5.41, 5.74) is 13.5. The van der Waals surface area contributed by atoms with Gasteiger partial charge in [-0.25, -0.2) is 0 Å². The average molecular weight is 549 g/mol. The van der Waals surface area contributed by atoms with Crippen molar-refractivity contribution in [1.82, 2.24) is 4.98 Å². The smallest absolute Gasteiger partial charge is 0.189 e. The third kappa shape index (κ3) is 5.95. The second-order valence-electron chi connectivity index (χ2n) is 12.6. The van der Waals surface area contributed by atoms with Gasteiger partial charge < -0.3 is 15.2 Å². The molecule has 0 bridgehead atoms. The lowest BCUT2D eigenvalue weighted by atomic mass is 9.75. The first-order chi connectivity index (χ1) is 19.5. The molecule has 1 aliphatic heterocycles. The van der Waals surface area contributed by atoms with Crippen molar-refractivity contribution in [1.29, 1.82) is 0 Å². The summed E-state index contributed by atoms with van der Waals surface area (Å²) in [5, 5.41) is 0. The van der Waals surface area contributed by atoms with Gasteiger partial charge in [-0.15, -0.1) is 0 Å². The van der Waals surface area contributed by atoms with Crippen LogP contribution in [0.4, 0.5) is 0 Å². The van der Waals surface area contributed by atoms with Crippen LogP contribution in [0, 0.1) is 11.8 Å². The van der Waals surface area contributed by atoms with Crippen molar-refractivity contribution < 1.29 is 9.47 Å². The molecule has 2 unspecified atom stereocenters. The molecular formula is C37H44N2O2. The Bertz CT molecular complexity index is 1410. The monoisotopic (exact) mass is 548 g/mol. The molecule has 1 saturated heterocycles. The third-order valence-corrected chi connectivity index (χ3v) is 9.19. The molecule has 4 nitrogen and oxygen atoms in total. The van der Waals surface area contributed by atoms with Crippen molar-refractivity contribution in [2.45, 2.75) is 77.3 Å². The second-order valence-corrected chi connectivity index (χ2v) is 12.6. The summed E-state index contributed by atoms with van der Waals surface area (Å²) in [4.78, 5) is 4.36. The summed E-state index contributed by atoms with van der Waals surface area (Å²) in [7, 11) is 0. The van der Waals surface area contributed by atoms with Crippen LogP contribution in [0.5, 0.6) is 0 Å². The van der Waals surface area contributed by atoms with Crippen LogP contribution in [0.1, 0.15) is 65.9 Å². The molecule has 0 saturated carbocycles. The zero-order valence-corrected chi connectivity index (χ0v) is 25.2. The Hall–Kier alpha value is -3.47. The van der Waals surface area contributed by atoms with Crippen LogP contribution in [0.2, 0.25) is 0 Å². The Kier molecular flexibility index (Phi) is 8.09. The molecule has 0 aromatic carbocycles. The summed E-state index contributed by atoms with van der Waals surface area (Å²) < 4.78 is 13.5. The topological polar surface area (TPSA) is 57.4 Å². The molecule has 3 aliphatic carbocycles. The van der Waals surface area contributed by atoms with E-state index in [-0.39, 0.29) is 11.8 Å². The largest absolute Gasteiger partial charge is 0.405 e. The maximum absolute atomic E-state index is 6.74. The van der Waals surface area contributed by atoms with E-state index in [0.717, 1.165) is 31.3 Å². The number of pyridine rings is 1. The van der Waals surface area contributed by atoms with Gasteiger partial charge in [0.05, 0.1) is 11.2 Å². The summed E-state index contributed by atoms with van der Waals surface area (Å²) in [6.07, 6.45) is 31.2. The quantitative estimate of drug-likeness (QED) is 0.347. The van der Waals surface area contributed by atoms with E-state index >= 15 is 0 Å². The lowest BCUT2D eigenvalue weighted by Crippen LogP contribution is -2.41. The van der Waals surface area contributed by atoms with Crippen molar-refractivity contribution in [3.8, 4) is 0 Å². The number of nitrogens with zero attached hydrogens (tertiary/aromatic N) is 1. The van der Waals surface area contributed by atoms with Crippen LogP contribution in [0.15, 0.2) is 126 Å². The van der Waals surface area contributed by atoms with Crippen LogP contribution < -0.4 is 5.73 Å². The Labute approximate surface area is 246 Å². The van der Waals surface area contributed by atoms with Gasteiger partial charge in [0.2, 0.25) is 0 Å². The van der Waals surface area contributed by atoms with Gasteiger partial charge >= 0.3 is 0 Å². The molecule has 1 fully saturated rings. The highest BCUT2D eigenvalue weighted by Gasteiger charge is 2.56. The SMILES string of the molecule is C=C/C(=C\C=C/N)C1=CC(C2C=C(C3C=CC=C(c4cccnc4)C3)C=C(C3(C)OC(C)(C)C(C)(C)O3)C2)=CCC1. The molecule has 5 rings (SSSR count). The number of ether oxygens (including phenoxy) is 2. The van der Waals surface area contributed by atoms with Crippen LogP contribution in [0.3, 0.4) is 0 Å². The van der Waals surface area contributed by atoms with E-state index in [0.29, 0.717) is 0 Å². The summed E-state index contributed by atoms with van der Waals surface area (Å²) in [6.45, 7) is 14.7. The summed E-state index contributed by atoms with van der Waals surface area (Å²) >= 11 is 0. The number of hydrogen-bond donors (Lipinski definition) is 1. The van der Waals surface area contributed by atoms with Gasteiger partial charge in [-0.05, 0) is 118 Å². The van der Waals surface area contributed by atoms with Crippen LogP contribution in [0.25, 0.3) is 5.57 Å². The number of hydrogen-bond acceptors (Lipinski definition) is 4. The Balaban J connectivity index is 1.52. The highest BCUT2D eigenvalue weighted by atomic mass is 16.8. The number of rotatable bonds is 7. The van der Waals surface area contributed by atoms with Crippen molar-refractivity contribution in [2.24, 2.45) is 17.6 Å². The lowest BCUT2D eigenvalue weighted by Gasteiger charge is -2.35. The molecule has 2 heterocycles. The zero-order chi connectivity index (χ0) is 29.3. The molecule has 2 atom stereocenters. The van der Waals surface area contributed by atoms with E-state index in [9.17, 15) is 0 Å². The maximum atomic E-state index is 6.74. The molecule has 214 valence electrons. The highest BCUT2D eigenvalue weighted by molar-refractivity contribution is 5.69. The fourth-order valence-corrected chi connectivity index (χ4v) is 6.32. The van der Waals surface area contributed by atoms with Crippen molar-refractivity contribution in [3.63, 3.8) is 0 Å². The van der Waals surface area contributed by atoms with Gasteiger partial charge in [0.15, 0.2) is 5.79 Å². The van der Waals surface area contributed by atoms with Crippen LogP contribution in [-0.2, 0) is 9.47 Å². The van der Waals surface area contributed by atoms with Gasteiger partial charge in [-0.3, -0.25) is 4.98 Å². The van der Waals surface area contributed by atoms with Crippen molar-refractivity contribution in [3.05, 3.63) is 131 Å². The van der Waals surface area contributed by atoms with Gasteiger partial charge in [0, 0.05) is 24.2 Å². The van der Waals surface area contributed by atoms with Crippen LogP contribution >= 0.6 is 0 Å². The Morgan fingerprint density at radius 2 is 1.83 bits per heavy atom. The molecule has 1 aromatic rings. The normalized spacial score (nSPS) is 27.0. The molecule has 0 amide bonds. The van der Waals surface area contributed by atoms with E-state index in [1.165, 1.54) is 33.4 Å². The van der Waals surface area contributed by atoms with Gasteiger partial charge in [-0.2, -0.15) is 0 Å². The van der Waals surface area contributed by atoms with Crippen LogP contribution in [-0.4, -0.2) is 22.0 Å². The van der Waals surface area contributed by atoms with E-state index in [2.05, 4.69) is 94.8 Å². The summed E-state index contributed by atoms with van der Waals surface area (Å²) in [6, 6.07) is 4.15.